The molecule has 22 heavy (non-hydrogen) atoms. The van der Waals surface area contributed by atoms with Crippen LogP contribution in [0.1, 0.15) is 23.3 Å². The lowest BCUT2D eigenvalue weighted by molar-refractivity contribution is -0.0279. The molecule has 1 saturated heterocycles. The summed E-state index contributed by atoms with van der Waals surface area (Å²) in [5.41, 5.74) is 0.279. The highest BCUT2D eigenvalue weighted by Gasteiger charge is 2.29. The predicted molar refractivity (Wildman–Crippen MR) is 76.4 cm³/mol. The summed E-state index contributed by atoms with van der Waals surface area (Å²) < 4.78 is 20.9. The maximum absolute atomic E-state index is 14.3. The van der Waals surface area contributed by atoms with Crippen molar-refractivity contribution < 1.29 is 19.0 Å². The molecule has 0 unspecified atom stereocenters. The number of rotatable bonds is 5. The van der Waals surface area contributed by atoms with Gasteiger partial charge in [-0.25, -0.2) is 9.78 Å². The molecule has 116 valence electrons. The maximum atomic E-state index is 14.3. The number of hydrogen-bond acceptors (Lipinski definition) is 5. The van der Waals surface area contributed by atoms with Crippen molar-refractivity contribution in [2.75, 3.05) is 25.1 Å². The molecule has 8 heteroatoms. The molecule has 0 atom stereocenters. The van der Waals surface area contributed by atoms with Crippen molar-refractivity contribution in [3.05, 3.63) is 29.8 Å². The fourth-order valence-corrected chi connectivity index (χ4v) is 2.32. The first-order valence-electron chi connectivity index (χ1n) is 6.91. The van der Waals surface area contributed by atoms with Crippen molar-refractivity contribution in [3.63, 3.8) is 0 Å². The Bertz CT molecular complexity index is 712. The average Bonchev–Trinajstić information content (AvgIpc) is 2.82. The van der Waals surface area contributed by atoms with Crippen LogP contribution in [0.2, 0.25) is 0 Å². The fourth-order valence-electron chi connectivity index (χ4n) is 2.32. The molecule has 0 spiro atoms. The van der Waals surface area contributed by atoms with E-state index in [4.69, 9.17) is 4.74 Å². The Morgan fingerprint density at radius 2 is 2.32 bits per heavy atom. The van der Waals surface area contributed by atoms with E-state index in [1.165, 1.54) is 16.9 Å². The first-order chi connectivity index (χ1) is 10.6. The number of carboxylic acids is 1. The van der Waals surface area contributed by atoms with Crippen LogP contribution in [0.15, 0.2) is 18.3 Å². The van der Waals surface area contributed by atoms with Gasteiger partial charge in [0.2, 0.25) is 5.95 Å². The minimum Gasteiger partial charge on any atom is -0.478 e. The first-order valence-corrected chi connectivity index (χ1v) is 6.91. The van der Waals surface area contributed by atoms with Crippen LogP contribution in [0.5, 0.6) is 0 Å². The quantitative estimate of drug-likeness (QED) is 0.819. The molecule has 1 aliphatic rings. The third-order valence-electron chi connectivity index (χ3n) is 3.45. The topological polar surface area (TPSA) is 89.3 Å². The molecule has 1 fully saturated rings. The summed E-state index contributed by atoms with van der Waals surface area (Å²) in [6, 6.07) is 3.04. The van der Waals surface area contributed by atoms with E-state index >= 15 is 0 Å². The first kappa shape index (κ1) is 14.5. The molecular weight excluding hydrogens is 291 g/mol. The predicted octanol–water partition coefficient (Wildman–Crippen LogP) is 1.79. The van der Waals surface area contributed by atoms with Gasteiger partial charge in [0.25, 0.3) is 0 Å². The Kier molecular flexibility index (Phi) is 3.76. The lowest BCUT2D eigenvalue weighted by Crippen LogP contribution is -2.32. The van der Waals surface area contributed by atoms with Gasteiger partial charge in [0.1, 0.15) is 11.4 Å². The second-order valence-electron chi connectivity index (χ2n) is 4.91. The van der Waals surface area contributed by atoms with E-state index in [1.807, 2.05) is 6.92 Å². The van der Waals surface area contributed by atoms with Gasteiger partial charge in [0.05, 0.1) is 36.7 Å². The Morgan fingerprint density at radius 3 is 2.86 bits per heavy atom. The summed E-state index contributed by atoms with van der Waals surface area (Å²) in [4.78, 5) is 15.2. The number of aromatic nitrogens is 3. The second-order valence-corrected chi connectivity index (χ2v) is 4.91. The van der Waals surface area contributed by atoms with Crippen LogP contribution < -0.4 is 5.32 Å². The smallest absolute Gasteiger partial charge is 0.339 e. The van der Waals surface area contributed by atoms with E-state index in [-0.39, 0.29) is 22.9 Å². The molecule has 2 aromatic rings. The lowest BCUT2D eigenvalue weighted by atomic mass is 10.1. The van der Waals surface area contributed by atoms with Crippen LogP contribution in [0.4, 0.5) is 10.2 Å². The third kappa shape index (κ3) is 2.41. The molecule has 0 aromatic carbocycles. The van der Waals surface area contributed by atoms with Gasteiger partial charge >= 0.3 is 5.97 Å². The number of ether oxygens (including phenoxy) is 1. The van der Waals surface area contributed by atoms with E-state index in [2.05, 4.69) is 15.4 Å². The molecule has 2 aromatic heterocycles. The minimum absolute atomic E-state index is 0.0520. The number of nitrogens with zero attached hydrogens (tertiary/aromatic N) is 3. The Balaban J connectivity index is 2.09. The number of hydrogen-bond donors (Lipinski definition) is 2. The van der Waals surface area contributed by atoms with Crippen LogP contribution in [-0.4, -0.2) is 45.6 Å². The van der Waals surface area contributed by atoms with Gasteiger partial charge in [-0.2, -0.15) is 9.49 Å². The zero-order valence-electron chi connectivity index (χ0n) is 11.9. The molecule has 0 amide bonds. The molecular formula is C14H15FN4O3. The van der Waals surface area contributed by atoms with Gasteiger partial charge in [-0.15, -0.1) is 0 Å². The molecule has 0 radical (unpaired) electrons. The zero-order valence-corrected chi connectivity index (χ0v) is 11.9. The Labute approximate surface area is 125 Å². The van der Waals surface area contributed by atoms with Gasteiger partial charge in [-0.3, -0.25) is 4.68 Å². The number of anilines is 1. The van der Waals surface area contributed by atoms with Crippen molar-refractivity contribution in [1.82, 2.24) is 14.8 Å². The summed E-state index contributed by atoms with van der Waals surface area (Å²) in [6.45, 7) is 3.35. The van der Waals surface area contributed by atoms with Gasteiger partial charge in [0.15, 0.2) is 0 Å². The van der Waals surface area contributed by atoms with Crippen LogP contribution >= 0.6 is 0 Å². The molecule has 7 nitrogen and oxygen atoms in total. The second kappa shape index (κ2) is 5.72. The van der Waals surface area contributed by atoms with Gasteiger partial charge in [-0.1, -0.05) is 0 Å². The van der Waals surface area contributed by atoms with Crippen molar-refractivity contribution >= 4 is 11.8 Å². The van der Waals surface area contributed by atoms with E-state index in [1.54, 1.807) is 6.07 Å². The highest BCUT2D eigenvalue weighted by atomic mass is 19.1. The van der Waals surface area contributed by atoms with E-state index in [9.17, 15) is 14.3 Å². The number of aromatic carboxylic acids is 1. The molecule has 3 heterocycles. The summed E-state index contributed by atoms with van der Waals surface area (Å²) in [5, 5.41) is 16.3. The highest BCUT2D eigenvalue weighted by Crippen LogP contribution is 2.31. The van der Waals surface area contributed by atoms with Gasteiger partial charge in [-0.05, 0) is 19.1 Å². The van der Waals surface area contributed by atoms with Crippen LogP contribution in [-0.2, 0) is 4.74 Å². The highest BCUT2D eigenvalue weighted by molar-refractivity contribution is 5.94. The van der Waals surface area contributed by atoms with E-state index in [0.29, 0.717) is 25.6 Å². The van der Waals surface area contributed by atoms with Crippen LogP contribution in [0, 0.1) is 5.95 Å². The number of halogens is 1. The zero-order chi connectivity index (χ0) is 15.7. The van der Waals surface area contributed by atoms with Crippen molar-refractivity contribution in [3.8, 4) is 11.3 Å². The molecule has 0 saturated carbocycles. The molecule has 3 rings (SSSR count). The van der Waals surface area contributed by atoms with Crippen LogP contribution in [0.25, 0.3) is 11.3 Å². The summed E-state index contributed by atoms with van der Waals surface area (Å²) in [6.07, 6.45) is 1.23. The molecule has 0 aliphatic carbocycles. The maximum Gasteiger partial charge on any atom is 0.339 e. The van der Waals surface area contributed by atoms with Gasteiger partial charge in [0, 0.05) is 6.54 Å². The number of carbonyl (C=O) groups is 1. The average molecular weight is 306 g/mol. The SMILES string of the molecule is CCNc1ccc(-c2c(C(=O)O)cnn2C2COC2)c(F)n1. The standard InChI is InChI=1S/C14H15FN4O3/c1-2-16-11-4-3-9(13(15)18-11)12-10(14(20)21)5-17-19(12)8-6-22-7-8/h3-5,8H,2,6-7H2,1H3,(H,16,18)(H,20,21). The molecule has 0 bridgehead atoms. The largest absolute Gasteiger partial charge is 0.478 e. The number of pyridine rings is 1. The van der Waals surface area contributed by atoms with Gasteiger partial charge < -0.3 is 15.2 Å². The van der Waals surface area contributed by atoms with Crippen molar-refractivity contribution in [1.29, 1.82) is 0 Å². The summed E-state index contributed by atoms with van der Waals surface area (Å²) in [5.74, 6) is -1.49. The molecule has 1 aliphatic heterocycles. The van der Waals surface area contributed by atoms with E-state index < -0.39 is 11.9 Å². The third-order valence-corrected chi connectivity index (χ3v) is 3.45. The number of carboxylic acid groups (broad SMARTS) is 1. The van der Waals surface area contributed by atoms with E-state index in [0.717, 1.165) is 0 Å². The Morgan fingerprint density at radius 1 is 1.55 bits per heavy atom. The summed E-state index contributed by atoms with van der Waals surface area (Å²) in [7, 11) is 0. The minimum atomic E-state index is -1.16. The van der Waals surface area contributed by atoms with Crippen molar-refractivity contribution in [2.45, 2.75) is 13.0 Å². The van der Waals surface area contributed by atoms with Crippen molar-refractivity contribution in [2.24, 2.45) is 0 Å². The fraction of sp³-hybridized carbons (Fsp3) is 0.357. The number of nitrogens with one attached hydrogen (secondary N) is 1. The lowest BCUT2D eigenvalue weighted by Gasteiger charge is -2.28. The normalized spacial score (nSPS) is 14.6. The monoisotopic (exact) mass is 306 g/mol. The van der Waals surface area contributed by atoms with Crippen LogP contribution in [0.3, 0.4) is 0 Å². The summed E-state index contributed by atoms with van der Waals surface area (Å²) >= 11 is 0. The Hall–Kier alpha value is -2.48. The molecule has 2 N–H and O–H groups in total.